The van der Waals surface area contributed by atoms with Gasteiger partial charge in [0.25, 0.3) is 0 Å². The van der Waals surface area contributed by atoms with Crippen LogP contribution in [0.4, 0.5) is 0 Å². The molecule has 0 unspecified atom stereocenters. The Balaban J connectivity index is 0.00000272. The summed E-state index contributed by atoms with van der Waals surface area (Å²) < 4.78 is 0. The van der Waals surface area contributed by atoms with Gasteiger partial charge in [-0.2, -0.15) is 0 Å². The van der Waals surface area contributed by atoms with Crippen LogP contribution >= 0.6 is 0 Å². The Hall–Kier alpha value is -3.38. The zero-order chi connectivity index (χ0) is 20.9. The van der Waals surface area contributed by atoms with E-state index in [2.05, 4.69) is 92.0 Å². The Morgan fingerprint density at radius 3 is 2.26 bits per heavy atom. The summed E-state index contributed by atoms with van der Waals surface area (Å²) in [6.07, 6.45) is 12.7. The third-order valence-electron chi connectivity index (χ3n) is 5.69. The topological polar surface area (TPSA) is 0 Å². The third-order valence-corrected chi connectivity index (χ3v) is 5.69. The first kappa shape index (κ1) is 22.3. The quantitative estimate of drug-likeness (QED) is 0.344. The van der Waals surface area contributed by atoms with E-state index in [1.54, 1.807) is 0 Å². The number of hydrogen-bond acceptors (Lipinski definition) is 0. The van der Waals surface area contributed by atoms with Gasteiger partial charge in [0.2, 0.25) is 0 Å². The van der Waals surface area contributed by atoms with Crippen molar-refractivity contribution in [3.8, 4) is 22.3 Å². The van der Waals surface area contributed by atoms with Crippen LogP contribution in [0.3, 0.4) is 0 Å². The minimum Gasteiger partial charge on any atom is -0.0985 e. The maximum Gasteiger partial charge on any atom is -0.0143 e. The van der Waals surface area contributed by atoms with Crippen molar-refractivity contribution in [1.82, 2.24) is 0 Å². The van der Waals surface area contributed by atoms with Crippen LogP contribution in [-0.2, 0) is 0 Å². The monoisotopic (exact) mass is 404 g/mol. The van der Waals surface area contributed by atoms with Crippen LogP contribution < -0.4 is 0 Å². The zero-order valence-corrected chi connectivity index (χ0v) is 17.6. The van der Waals surface area contributed by atoms with Gasteiger partial charge in [0.15, 0.2) is 0 Å². The number of rotatable bonds is 7. The molecule has 0 N–H and O–H groups in total. The van der Waals surface area contributed by atoms with E-state index in [4.69, 9.17) is 0 Å². The van der Waals surface area contributed by atoms with E-state index in [0.717, 1.165) is 11.1 Å². The molecule has 0 heteroatoms. The van der Waals surface area contributed by atoms with Crippen molar-refractivity contribution >= 4 is 11.6 Å². The van der Waals surface area contributed by atoms with Crippen molar-refractivity contribution in [2.75, 3.05) is 0 Å². The van der Waals surface area contributed by atoms with Crippen LogP contribution in [0.5, 0.6) is 0 Å². The molecule has 1 fully saturated rings. The van der Waals surface area contributed by atoms with Gasteiger partial charge < -0.3 is 0 Å². The molecule has 0 aliphatic heterocycles. The Kier molecular flexibility index (Phi) is 7.26. The van der Waals surface area contributed by atoms with E-state index < -0.39 is 0 Å². The normalized spacial score (nSPS) is 13.3. The molecule has 1 saturated carbocycles. The highest BCUT2D eigenvalue weighted by Gasteiger charge is 2.29. The lowest BCUT2D eigenvalue weighted by Gasteiger charge is -2.16. The molecule has 0 nitrogen and oxygen atoms in total. The summed E-state index contributed by atoms with van der Waals surface area (Å²) in [6, 6.07) is 24.1. The van der Waals surface area contributed by atoms with E-state index in [-0.39, 0.29) is 7.43 Å². The fraction of sp³-hybridized carbons (Fsp3) is 0.161. The van der Waals surface area contributed by atoms with E-state index in [0.29, 0.717) is 5.92 Å². The average Bonchev–Trinajstić information content (AvgIpc) is 3.64. The maximum absolute atomic E-state index is 4.36. The lowest BCUT2D eigenvalue weighted by molar-refractivity contribution is 1.12. The summed E-state index contributed by atoms with van der Waals surface area (Å²) in [6.45, 7) is 10.2. The van der Waals surface area contributed by atoms with Crippen molar-refractivity contribution in [2.24, 2.45) is 0 Å². The molecule has 3 aromatic carbocycles. The fourth-order valence-electron chi connectivity index (χ4n) is 3.96. The molecule has 0 saturated heterocycles. The van der Waals surface area contributed by atoms with Crippen LogP contribution in [0.25, 0.3) is 33.9 Å². The summed E-state index contributed by atoms with van der Waals surface area (Å²) in [5, 5.41) is 0. The fourth-order valence-corrected chi connectivity index (χ4v) is 3.96. The van der Waals surface area contributed by atoms with Gasteiger partial charge in [-0.3, -0.25) is 0 Å². The zero-order valence-electron chi connectivity index (χ0n) is 17.6. The lowest BCUT2D eigenvalue weighted by Crippen LogP contribution is -1.95. The van der Waals surface area contributed by atoms with Crippen LogP contribution in [0.15, 0.2) is 104 Å². The number of benzene rings is 3. The second kappa shape index (κ2) is 10.1. The Labute approximate surface area is 188 Å². The van der Waals surface area contributed by atoms with Crippen LogP contribution in [-0.4, -0.2) is 0 Å². The maximum atomic E-state index is 4.36. The molecule has 1 aliphatic carbocycles. The number of allylic oxidation sites excluding steroid dienone is 5. The first-order valence-corrected chi connectivity index (χ1v) is 10.7. The number of hydrogen-bond donors (Lipinski definition) is 0. The molecule has 0 bridgehead atoms. The molecular formula is C31H32. The molecule has 0 spiro atoms. The van der Waals surface area contributed by atoms with Gasteiger partial charge in [0, 0.05) is 0 Å². The van der Waals surface area contributed by atoms with Crippen LogP contribution in [0.1, 0.15) is 49.8 Å². The third kappa shape index (κ3) is 5.03. The Morgan fingerprint density at radius 2 is 1.58 bits per heavy atom. The summed E-state index contributed by atoms with van der Waals surface area (Å²) in [7, 11) is 0. The molecule has 0 radical (unpaired) electrons. The highest BCUT2D eigenvalue weighted by molar-refractivity contribution is 5.83. The van der Waals surface area contributed by atoms with Gasteiger partial charge in [-0.1, -0.05) is 112 Å². The van der Waals surface area contributed by atoms with Crippen molar-refractivity contribution in [3.63, 3.8) is 0 Å². The average molecular weight is 405 g/mol. The predicted molar refractivity (Wildman–Crippen MR) is 139 cm³/mol. The smallest absolute Gasteiger partial charge is 0.0143 e. The van der Waals surface area contributed by atoms with Crippen molar-refractivity contribution in [2.45, 2.75) is 33.1 Å². The first-order valence-electron chi connectivity index (χ1n) is 10.7. The molecule has 1 aliphatic rings. The molecule has 31 heavy (non-hydrogen) atoms. The second-order valence-electron chi connectivity index (χ2n) is 7.86. The van der Waals surface area contributed by atoms with Crippen molar-refractivity contribution < 1.29 is 0 Å². The van der Waals surface area contributed by atoms with Gasteiger partial charge in [0.05, 0.1) is 0 Å². The summed E-state index contributed by atoms with van der Waals surface area (Å²) in [5.74, 6) is 0.638. The lowest BCUT2D eigenvalue weighted by atomic mass is 9.88. The summed E-state index contributed by atoms with van der Waals surface area (Å²) in [5.41, 5.74) is 10.0. The summed E-state index contributed by atoms with van der Waals surface area (Å²) >= 11 is 0. The van der Waals surface area contributed by atoms with Crippen LogP contribution in [0, 0.1) is 0 Å². The van der Waals surface area contributed by atoms with Crippen molar-refractivity contribution in [3.05, 3.63) is 121 Å². The minimum absolute atomic E-state index is 0. The summed E-state index contributed by atoms with van der Waals surface area (Å²) in [4.78, 5) is 0. The molecule has 0 atom stereocenters. The van der Waals surface area contributed by atoms with Gasteiger partial charge in [-0.25, -0.2) is 0 Å². The molecule has 156 valence electrons. The predicted octanol–water partition coefficient (Wildman–Crippen LogP) is 9.32. The first-order chi connectivity index (χ1) is 14.7. The molecule has 0 heterocycles. The highest BCUT2D eigenvalue weighted by atomic mass is 14.3. The molecular weight excluding hydrogens is 372 g/mol. The molecule has 0 amide bonds. The van der Waals surface area contributed by atoms with Crippen LogP contribution in [0.2, 0.25) is 0 Å². The van der Waals surface area contributed by atoms with E-state index >= 15 is 0 Å². The Bertz CT molecular complexity index is 1120. The highest BCUT2D eigenvalue weighted by Crippen LogP contribution is 2.47. The van der Waals surface area contributed by atoms with Crippen molar-refractivity contribution in [1.29, 1.82) is 0 Å². The Morgan fingerprint density at radius 1 is 0.871 bits per heavy atom. The molecule has 3 aromatic rings. The minimum atomic E-state index is 0. The second-order valence-corrected chi connectivity index (χ2v) is 7.86. The van der Waals surface area contributed by atoms with Gasteiger partial charge in [0.1, 0.15) is 0 Å². The molecule has 4 rings (SSSR count). The van der Waals surface area contributed by atoms with E-state index in [1.165, 1.54) is 46.2 Å². The standard InChI is InChI=1S/C30H28.CH4/c1-4-6-7-10-22(3)28-13-9-14-29(30(28)25-19-20-25)27-12-8-11-26(21-27)24-17-15-23(5-2)16-18-24;/h4-18,21,25H,2-3,19-20H2,1H3;1H4/b6-4-,10-7-;. The van der Waals surface area contributed by atoms with Gasteiger partial charge in [-0.05, 0) is 76.3 Å². The van der Waals surface area contributed by atoms with Gasteiger partial charge in [-0.15, -0.1) is 0 Å². The van der Waals surface area contributed by atoms with E-state index in [1.807, 2.05) is 25.2 Å². The van der Waals surface area contributed by atoms with Gasteiger partial charge >= 0.3 is 0 Å². The SMILES string of the molecule is C.C=Cc1ccc(-c2cccc(-c3cccc(C(=C)/C=C\C=C/C)c3C3CC3)c2)cc1. The largest absolute Gasteiger partial charge is 0.0985 e. The van der Waals surface area contributed by atoms with E-state index in [9.17, 15) is 0 Å². The molecule has 0 aromatic heterocycles.